The lowest BCUT2D eigenvalue weighted by molar-refractivity contribution is 0.0945. The van der Waals surface area contributed by atoms with Crippen LogP contribution in [-0.4, -0.2) is 30.9 Å². The summed E-state index contributed by atoms with van der Waals surface area (Å²) in [5, 5.41) is 12.5. The zero-order valence-corrected chi connectivity index (χ0v) is 17.3. The van der Waals surface area contributed by atoms with Crippen LogP contribution in [0.3, 0.4) is 0 Å². The summed E-state index contributed by atoms with van der Waals surface area (Å²) in [5.74, 6) is 0.113. The number of hydrogen-bond acceptors (Lipinski definition) is 6. The monoisotopic (exact) mass is 436 g/mol. The average molecular weight is 437 g/mol. The second-order valence-corrected chi connectivity index (χ2v) is 7.58. The number of aromatic nitrogens is 5. The molecule has 0 fully saturated rings. The van der Waals surface area contributed by atoms with Gasteiger partial charge in [0.15, 0.2) is 10.9 Å². The number of carbonyl (C=O) groups excluding carboxylic acids is 1. The standard InChI is InChI=1S/C21H17ClN6OS/c22-17-10-5-4-7-15(17)13-25-20(29)19-18(14-30-21-23-11-6-12-24-21)28(27-26-19)16-8-2-1-3-9-16/h1-12H,13-14H2,(H,25,29). The summed E-state index contributed by atoms with van der Waals surface area (Å²) in [4.78, 5) is 21.4. The van der Waals surface area contributed by atoms with Gasteiger partial charge >= 0.3 is 0 Å². The average Bonchev–Trinajstić information content (AvgIpc) is 3.22. The minimum absolute atomic E-state index is 0.259. The first-order chi connectivity index (χ1) is 14.7. The lowest BCUT2D eigenvalue weighted by Gasteiger charge is -2.09. The summed E-state index contributed by atoms with van der Waals surface area (Å²) < 4.78 is 1.67. The van der Waals surface area contributed by atoms with Crippen molar-refractivity contribution in [3.63, 3.8) is 0 Å². The van der Waals surface area contributed by atoms with E-state index in [0.29, 0.717) is 28.2 Å². The van der Waals surface area contributed by atoms with Gasteiger partial charge in [-0.2, -0.15) is 0 Å². The lowest BCUT2D eigenvalue weighted by Crippen LogP contribution is -2.24. The van der Waals surface area contributed by atoms with Gasteiger partial charge in [-0.15, -0.1) is 5.10 Å². The molecular formula is C21H17ClN6OS. The maximum atomic E-state index is 12.9. The molecule has 2 heterocycles. The molecule has 0 spiro atoms. The van der Waals surface area contributed by atoms with E-state index in [4.69, 9.17) is 11.6 Å². The molecule has 0 unspecified atom stereocenters. The second kappa shape index (κ2) is 9.51. The fraction of sp³-hybridized carbons (Fsp3) is 0.0952. The summed E-state index contributed by atoms with van der Waals surface area (Å²) in [6.07, 6.45) is 3.36. The van der Waals surface area contributed by atoms with Gasteiger partial charge in [0.25, 0.3) is 5.91 Å². The van der Waals surface area contributed by atoms with Gasteiger partial charge in [-0.05, 0) is 29.8 Å². The predicted octanol–water partition coefficient (Wildman–Crippen LogP) is 3.93. The molecule has 0 aliphatic heterocycles. The van der Waals surface area contributed by atoms with E-state index in [9.17, 15) is 4.79 Å². The number of hydrogen-bond donors (Lipinski definition) is 1. The van der Waals surface area contributed by atoms with E-state index in [0.717, 1.165) is 11.3 Å². The predicted molar refractivity (Wildman–Crippen MR) is 116 cm³/mol. The fourth-order valence-corrected chi connectivity index (χ4v) is 3.78. The first-order valence-electron chi connectivity index (χ1n) is 9.14. The Morgan fingerprint density at radius 2 is 1.73 bits per heavy atom. The Bertz CT molecular complexity index is 1140. The highest BCUT2D eigenvalue weighted by Crippen LogP contribution is 2.23. The zero-order chi connectivity index (χ0) is 20.8. The van der Waals surface area contributed by atoms with Crippen molar-refractivity contribution in [2.45, 2.75) is 17.5 Å². The lowest BCUT2D eigenvalue weighted by atomic mass is 10.2. The number of nitrogens with zero attached hydrogens (tertiary/aromatic N) is 5. The summed E-state index contributed by atoms with van der Waals surface area (Å²) in [6.45, 7) is 0.297. The number of carbonyl (C=O) groups is 1. The third kappa shape index (κ3) is 4.67. The highest BCUT2D eigenvalue weighted by atomic mass is 35.5. The topological polar surface area (TPSA) is 85.6 Å². The third-order valence-corrected chi connectivity index (χ3v) is 5.51. The molecule has 0 saturated heterocycles. The first-order valence-corrected chi connectivity index (χ1v) is 10.5. The van der Waals surface area contributed by atoms with Gasteiger partial charge in [0, 0.05) is 29.7 Å². The molecule has 0 atom stereocenters. The summed E-state index contributed by atoms with van der Waals surface area (Å²) in [7, 11) is 0. The molecule has 30 heavy (non-hydrogen) atoms. The first kappa shape index (κ1) is 20.1. The number of para-hydroxylation sites is 1. The second-order valence-electron chi connectivity index (χ2n) is 6.23. The van der Waals surface area contributed by atoms with Crippen LogP contribution in [0.2, 0.25) is 5.02 Å². The van der Waals surface area contributed by atoms with Crippen LogP contribution < -0.4 is 5.32 Å². The minimum atomic E-state index is -0.318. The van der Waals surface area contributed by atoms with E-state index in [2.05, 4.69) is 25.6 Å². The third-order valence-electron chi connectivity index (χ3n) is 4.26. The minimum Gasteiger partial charge on any atom is -0.346 e. The van der Waals surface area contributed by atoms with Crippen molar-refractivity contribution in [2.24, 2.45) is 0 Å². The van der Waals surface area contributed by atoms with Gasteiger partial charge in [0.05, 0.1) is 11.4 Å². The van der Waals surface area contributed by atoms with Crippen molar-refractivity contribution < 1.29 is 4.79 Å². The van der Waals surface area contributed by atoms with Gasteiger partial charge in [0.1, 0.15) is 0 Å². The number of benzene rings is 2. The van der Waals surface area contributed by atoms with Gasteiger partial charge in [-0.3, -0.25) is 4.79 Å². The van der Waals surface area contributed by atoms with E-state index < -0.39 is 0 Å². The molecule has 150 valence electrons. The number of nitrogens with one attached hydrogen (secondary N) is 1. The number of halogens is 1. The highest BCUT2D eigenvalue weighted by Gasteiger charge is 2.21. The van der Waals surface area contributed by atoms with Crippen LogP contribution in [0.15, 0.2) is 78.2 Å². The molecule has 4 rings (SSSR count). The Hall–Kier alpha value is -3.23. The fourth-order valence-electron chi connectivity index (χ4n) is 2.78. The van der Waals surface area contributed by atoms with Crippen LogP contribution in [0.5, 0.6) is 0 Å². The molecule has 0 radical (unpaired) electrons. The maximum Gasteiger partial charge on any atom is 0.274 e. The van der Waals surface area contributed by atoms with Crippen molar-refractivity contribution in [3.8, 4) is 5.69 Å². The van der Waals surface area contributed by atoms with E-state index in [1.165, 1.54) is 11.8 Å². The molecule has 1 amide bonds. The number of amides is 1. The van der Waals surface area contributed by atoms with Gasteiger partial charge in [-0.25, -0.2) is 14.6 Å². The molecular weight excluding hydrogens is 420 g/mol. The summed E-state index contributed by atoms with van der Waals surface area (Å²) in [5.41, 5.74) is 2.57. The molecule has 1 N–H and O–H groups in total. The van der Waals surface area contributed by atoms with Crippen LogP contribution in [0, 0.1) is 0 Å². The Labute approximate surface area is 182 Å². The summed E-state index contributed by atoms with van der Waals surface area (Å²) in [6, 6.07) is 18.7. The van der Waals surface area contributed by atoms with Crippen LogP contribution >= 0.6 is 23.4 Å². The SMILES string of the molecule is O=C(NCc1ccccc1Cl)c1nnn(-c2ccccc2)c1CSc1ncccn1. The van der Waals surface area contributed by atoms with E-state index in [-0.39, 0.29) is 11.6 Å². The normalized spacial score (nSPS) is 10.7. The highest BCUT2D eigenvalue weighted by molar-refractivity contribution is 7.98. The molecule has 2 aromatic heterocycles. The maximum absolute atomic E-state index is 12.9. The molecule has 9 heteroatoms. The molecule has 0 aliphatic rings. The smallest absolute Gasteiger partial charge is 0.274 e. The Morgan fingerprint density at radius 1 is 1.00 bits per heavy atom. The summed E-state index contributed by atoms with van der Waals surface area (Å²) >= 11 is 7.60. The quantitative estimate of drug-likeness (QED) is 0.349. The van der Waals surface area contributed by atoms with Crippen LogP contribution in [0.4, 0.5) is 0 Å². The Kier molecular flexibility index (Phi) is 6.36. The molecule has 4 aromatic rings. The van der Waals surface area contributed by atoms with E-state index in [1.54, 1.807) is 29.2 Å². The van der Waals surface area contributed by atoms with Crippen LogP contribution in [-0.2, 0) is 12.3 Å². The Balaban J connectivity index is 1.59. The molecule has 0 aliphatic carbocycles. The molecule has 0 saturated carbocycles. The van der Waals surface area contributed by atoms with Crippen molar-refractivity contribution in [3.05, 3.63) is 95.0 Å². The van der Waals surface area contributed by atoms with Crippen molar-refractivity contribution in [1.29, 1.82) is 0 Å². The van der Waals surface area contributed by atoms with E-state index in [1.807, 2.05) is 48.5 Å². The van der Waals surface area contributed by atoms with Crippen molar-refractivity contribution in [1.82, 2.24) is 30.3 Å². The van der Waals surface area contributed by atoms with Gasteiger partial charge in [0.2, 0.25) is 0 Å². The zero-order valence-electron chi connectivity index (χ0n) is 15.8. The van der Waals surface area contributed by atoms with Crippen LogP contribution in [0.1, 0.15) is 21.7 Å². The molecule has 2 aromatic carbocycles. The van der Waals surface area contributed by atoms with Crippen molar-refractivity contribution in [2.75, 3.05) is 0 Å². The van der Waals surface area contributed by atoms with Gasteiger partial charge in [-0.1, -0.05) is 65.0 Å². The number of rotatable bonds is 7. The van der Waals surface area contributed by atoms with Gasteiger partial charge < -0.3 is 5.32 Å². The largest absolute Gasteiger partial charge is 0.346 e. The number of thioether (sulfide) groups is 1. The van der Waals surface area contributed by atoms with E-state index >= 15 is 0 Å². The van der Waals surface area contributed by atoms with Crippen molar-refractivity contribution >= 4 is 29.3 Å². The van der Waals surface area contributed by atoms with Crippen LogP contribution in [0.25, 0.3) is 5.69 Å². The molecule has 7 nitrogen and oxygen atoms in total. The Morgan fingerprint density at radius 3 is 2.50 bits per heavy atom. The molecule has 0 bridgehead atoms.